The zero-order valence-corrected chi connectivity index (χ0v) is 20.1. The number of nitrogens with one attached hydrogen (secondary N) is 1. The van der Waals surface area contributed by atoms with E-state index in [4.69, 9.17) is 4.74 Å². The number of piperidine rings is 1. The van der Waals surface area contributed by atoms with E-state index in [1.54, 1.807) is 19.1 Å². The number of phenols is 1. The molecule has 0 spiro atoms. The van der Waals surface area contributed by atoms with E-state index in [1.165, 1.54) is 29.1 Å². The van der Waals surface area contributed by atoms with Crippen LogP contribution >= 0.6 is 0 Å². The molecule has 1 aliphatic heterocycles. The fraction of sp³-hybridized carbons (Fsp3) is 0.500. The minimum Gasteiger partial charge on any atom is -0.508 e. The van der Waals surface area contributed by atoms with E-state index in [-0.39, 0.29) is 53.7 Å². The number of rotatable bonds is 5. The van der Waals surface area contributed by atoms with Gasteiger partial charge in [-0.15, -0.1) is 0 Å². The molecule has 1 saturated heterocycles. The minimum absolute atomic E-state index is 0.0157. The Balaban J connectivity index is 1.38. The largest absolute Gasteiger partial charge is 0.508 e. The lowest BCUT2D eigenvalue weighted by molar-refractivity contribution is -0.136. The maximum Gasteiger partial charge on any atom is 0.418 e. The number of hydrogen-bond donors (Lipinski definition) is 4. The molecule has 2 fully saturated rings. The van der Waals surface area contributed by atoms with Gasteiger partial charge in [0.1, 0.15) is 18.1 Å². The van der Waals surface area contributed by atoms with Gasteiger partial charge in [-0.3, -0.25) is 0 Å². The van der Waals surface area contributed by atoms with Gasteiger partial charge in [0.25, 0.3) is 0 Å². The van der Waals surface area contributed by atoms with Gasteiger partial charge in [0.2, 0.25) is 0 Å². The number of aliphatic hydroxyl groups is 2. The Bertz CT molecular complexity index is 1270. The average molecular weight is 506 g/mol. The van der Waals surface area contributed by atoms with Crippen molar-refractivity contribution < 1.29 is 33.2 Å². The summed E-state index contributed by atoms with van der Waals surface area (Å²) in [6.45, 7) is 3.62. The van der Waals surface area contributed by atoms with E-state index in [2.05, 4.69) is 10.3 Å². The van der Waals surface area contributed by atoms with Crippen molar-refractivity contribution in [2.45, 2.75) is 75.0 Å². The normalized spacial score (nSPS) is 30.8. The first-order chi connectivity index (χ1) is 16.8. The molecule has 2 aliphatic rings. The minimum atomic E-state index is -4.62. The number of phenolic OH excluding ortho intramolecular Hbond substituents is 1. The Hall–Kier alpha value is -2.82. The molecule has 1 aliphatic carbocycles. The summed E-state index contributed by atoms with van der Waals surface area (Å²) in [5.41, 5.74) is -2.18. The second-order valence-electron chi connectivity index (χ2n) is 10.6. The summed E-state index contributed by atoms with van der Waals surface area (Å²) < 4.78 is 49.5. The predicted octanol–water partition coefficient (Wildman–Crippen LogP) is 4.25. The number of fused-ring (bicyclic) bond motifs is 1. The molecule has 36 heavy (non-hydrogen) atoms. The smallest absolute Gasteiger partial charge is 0.418 e. The van der Waals surface area contributed by atoms with E-state index >= 15 is 0 Å². The van der Waals surface area contributed by atoms with E-state index < -0.39 is 22.9 Å². The highest BCUT2D eigenvalue weighted by Crippen LogP contribution is 2.45. The Kier molecular flexibility index (Phi) is 5.96. The number of benzene rings is 2. The van der Waals surface area contributed by atoms with Gasteiger partial charge in [-0.25, -0.2) is 4.98 Å². The van der Waals surface area contributed by atoms with Gasteiger partial charge < -0.3 is 29.9 Å². The second-order valence-corrected chi connectivity index (χ2v) is 10.6. The molecule has 4 N–H and O–H groups in total. The Morgan fingerprint density at radius 1 is 1.14 bits per heavy atom. The SMILES string of the molecule is C[C@H]1C[C@@](O)(c2cccc(O)c2)C[C@@H](COc2cc(C(F)(F)F)c3c(c2)ncn3C2CC(C)(O)C2)N1. The lowest BCUT2D eigenvalue weighted by Gasteiger charge is -2.42. The van der Waals surface area contributed by atoms with Crippen LogP contribution in [0.2, 0.25) is 0 Å². The molecule has 10 heteroatoms. The van der Waals surface area contributed by atoms with Crippen LogP contribution < -0.4 is 10.1 Å². The van der Waals surface area contributed by atoms with Gasteiger partial charge >= 0.3 is 6.18 Å². The number of aromatic nitrogens is 2. The van der Waals surface area contributed by atoms with Gasteiger partial charge in [-0.05, 0) is 63.3 Å². The molecule has 1 saturated carbocycles. The fourth-order valence-electron chi connectivity index (χ4n) is 5.73. The molecule has 0 amide bonds. The first-order valence-electron chi connectivity index (χ1n) is 12.0. The maximum absolute atomic E-state index is 14.0. The molecule has 0 bridgehead atoms. The van der Waals surface area contributed by atoms with Gasteiger partial charge in [0.05, 0.1) is 34.1 Å². The molecule has 2 heterocycles. The Labute approximate surface area is 206 Å². The Morgan fingerprint density at radius 2 is 1.89 bits per heavy atom. The van der Waals surface area contributed by atoms with E-state index in [9.17, 15) is 28.5 Å². The highest BCUT2D eigenvalue weighted by Gasteiger charge is 2.43. The van der Waals surface area contributed by atoms with Gasteiger partial charge in [-0.1, -0.05) is 12.1 Å². The number of ether oxygens (including phenoxy) is 1. The third-order valence-corrected chi connectivity index (χ3v) is 7.28. The molecule has 194 valence electrons. The lowest BCUT2D eigenvalue weighted by atomic mass is 9.77. The van der Waals surface area contributed by atoms with E-state index in [0.717, 1.165) is 6.07 Å². The summed E-state index contributed by atoms with van der Waals surface area (Å²) in [6, 6.07) is 8.29. The lowest BCUT2D eigenvalue weighted by Crippen LogP contribution is -2.53. The summed E-state index contributed by atoms with van der Waals surface area (Å²) in [5, 5.41) is 34.6. The summed E-state index contributed by atoms with van der Waals surface area (Å²) >= 11 is 0. The van der Waals surface area contributed by atoms with Crippen LogP contribution in [-0.2, 0) is 11.8 Å². The molecular formula is C26H30F3N3O4. The standard InChI is InChI=1S/C26H30F3N3O4/c1-15-9-25(35,16-4-3-5-19(33)6-16)10-17(31-15)13-36-20-7-21(26(27,28)29)23-22(8-20)30-14-32(23)18-11-24(2,34)12-18/h3-8,14-15,17-18,31,33-35H,9-13H2,1-2H3/t15-,17-,18?,24?,25-/m0/s1. The van der Waals surface area contributed by atoms with Crippen molar-refractivity contribution in [1.82, 2.24) is 14.9 Å². The van der Waals surface area contributed by atoms with Crippen LogP contribution in [0.4, 0.5) is 13.2 Å². The van der Waals surface area contributed by atoms with Crippen LogP contribution in [0.5, 0.6) is 11.5 Å². The van der Waals surface area contributed by atoms with Crippen LogP contribution in [0, 0.1) is 0 Å². The van der Waals surface area contributed by atoms with Crippen molar-refractivity contribution in [2.75, 3.05) is 6.61 Å². The predicted molar refractivity (Wildman–Crippen MR) is 127 cm³/mol. The topological polar surface area (TPSA) is 99.8 Å². The highest BCUT2D eigenvalue weighted by molar-refractivity contribution is 5.82. The highest BCUT2D eigenvalue weighted by atomic mass is 19.4. The van der Waals surface area contributed by atoms with Crippen LogP contribution in [0.25, 0.3) is 11.0 Å². The number of hydrogen-bond acceptors (Lipinski definition) is 6. The quantitative estimate of drug-likeness (QED) is 0.414. The average Bonchev–Trinajstić information content (AvgIpc) is 3.18. The number of aromatic hydroxyl groups is 1. The van der Waals surface area contributed by atoms with Crippen molar-refractivity contribution in [1.29, 1.82) is 0 Å². The molecule has 5 rings (SSSR count). The molecule has 7 nitrogen and oxygen atoms in total. The second kappa shape index (κ2) is 8.64. The van der Waals surface area contributed by atoms with E-state index in [0.29, 0.717) is 24.8 Å². The molecule has 3 atom stereocenters. The third-order valence-electron chi connectivity index (χ3n) is 7.28. The van der Waals surface area contributed by atoms with Crippen molar-refractivity contribution >= 4 is 11.0 Å². The summed E-state index contributed by atoms with van der Waals surface area (Å²) in [4.78, 5) is 4.20. The van der Waals surface area contributed by atoms with Gasteiger partial charge in [0, 0.05) is 24.2 Å². The molecule has 3 aromatic rings. The molecule has 0 radical (unpaired) electrons. The van der Waals surface area contributed by atoms with Crippen molar-refractivity contribution in [3.8, 4) is 11.5 Å². The van der Waals surface area contributed by atoms with Crippen LogP contribution in [-0.4, -0.2) is 49.2 Å². The summed E-state index contributed by atoms with van der Waals surface area (Å²) in [5.74, 6) is 0.0967. The Morgan fingerprint density at radius 3 is 2.56 bits per heavy atom. The third kappa shape index (κ3) is 4.77. The maximum atomic E-state index is 14.0. The van der Waals surface area contributed by atoms with Gasteiger partial charge in [-0.2, -0.15) is 13.2 Å². The summed E-state index contributed by atoms with van der Waals surface area (Å²) in [6.07, 6.45) is -1.81. The zero-order valence-electron chi connectivity index (χ0n) is 20.1. The molecule has 0 unspecified atom stereocenters. The van der Waals surface area contributed by atoms with Crippen molar-refractivity contribution in [2.24, 2.45) is 0 Å². The fourth-order valence-corrected chi connectivity index (χ4v) is 5.73. The van der Waals surface area contributed by atoms with Crippen LogP contribution in [0.3, 0.4) is 0 Å². The first kappa shape index (κ1) is 24.9. The number of nitrogens with zero attached hydrogens (tertiary/aromatic N) is 2. The van der Waals surface area contributed by atoms with E-state index in [1.807, 2.05) is 6.92 Å². The summed E-state index contributed by atoms with van der Waals surface area (Å²) in [7, 11) is 0. The van der Waals surface area contributed by atoms with Gasteiger partial charge in [0.15, 0.2) is 0 Å². The molecule has 1 aromatic heterocycles. The molecular weight excluding hydrogens is 475 g/mol. The first-order valence-corrected chi connectivity index (χ1v) is 12.0. The van der Waals surface area contributed by atoms with Crippen LogP contribution in [0.15, 0.2) is 42.7 Å². The molecule has 2 aromatic carbocycles. The van der Waals surface area contributed by atoms with Crippen LogP contribution in [0.1, 0.15) is 56.7 Å². The zero-order chi connectivity index (χ0) is 25.9. The van der Waals surface area contributed by atoms with Crippen molar-refractivity contribution in [3.05, 3.63) is 53.9 Å². The number of halogens is 3. The monoisotopic (exact) mass is 505 g/mol. The number of imidazole rings is 1. The van der Waals surface area contributed by atoms with Crippen molar-refractivity contribution in [3.63, 3.8) is 0 Å². The number of alkyl halides is 3.